The summed E-state index contributed by atoms with van der Waals surface area (Å²) in [7, 11) is 1.73. The number of hydrogen-bond donors (Lipinski definition) is 3. The van der Waals surface area contributed by atoms with Gasteiger partial charge in [-0.15, -0.1) is 0 Å². The van der Waals surface area contributed by atoms with Gasteiger partial charge in [-0.25, -0.2) is 0 Å². The van der Waals surface area contributed by atoms with E-state index in [0.717, 1.165) is 60.6 Å². The van der Waals surface area contributed by atoms with Gasteiger partial charge in [0.25, 0.3) is 5.91 Å². The zero-order valence-electron chi connectivity index (χ0n) is 19.5. The molecule has 2 aliphatic rings. The molecule has 3 heterocycles. The summed E-state index contributed by atoms with van der Waals surface area (Å²) in [5.74, 6) is 0.0176. The van der Waals surface area contributed by atoms with E-state index in [1.165, 1.54) is 48.9 Å². The molecule has 0 saturated carbocycles. The molecule has 0 bridgehead atoms. The summed E-state index contributed by atoms with van der Waals surface area (Å²) in [6.07, 6.45) is 4.95. The maximum absolute atomic E-state index is 12.6. The number of H-pyrrole nitrogens is 1. The van der Waals surface area contributed by atoms with Crippen LogP contribution in [-0.4, -0.2) is 49.1 Å². The number of carbonyl (C=O) groups excluding carboxylic acids is 1. The van der Waals surface area contributed by atoms with Crippen LogP contribution in [0.25, 0.3) is 22.2 Å². The number of aromatic amines is 1. The lowest BCUT2D eigenvalue weighted by molar-refractivity contribution is 0.0966. The topological polar surface area (TPSA) is 69.4 Å². The molecule has 2 aliphatic heterocycles. The fourth-order valence-electron chi connectivity index (χ4n) is 5.13. The molecule has 174 valence electrons. The van der Waals surface area contributed by atoms with Crippen molar-refractivity contribution in [1.29, 1.82) is 0 Å². The van der Waals surface area contributed by atoms with Crippen LogP contribution < -0.4 is 10.6 Å². The van der Waals surface area contributed by atoms with Gasteiger partial charge in [0.1, 0.15) is 0 Å². The molecule has 3 N–H and O–H groups in total. The highest BCUT2D eigenvalue weighted by Crippen LogP contribution is 2.33. The van der Waals surface area contributed by atoms with Gasteiger partial charge in [0, 0.05) is 55.5 Å². The predicted molar refractivity (Wildman–Crippen MR) is 132 cm³/mol. The molecular formula is C27H34N4O2. The van der Waals surface area contributed by atoms with Crippen LogP contribution in [0.3, 0.4) is 0 Å². The first kappa shape index (κ1) is 22.1. The van der Waals surface area contributed by atoms with E-state index in [4.69, 9.17) is 4.74 Å². The summed E-state index contributed by atoms with van der Waals surface area (Å²) in [5.41, 5.74) is 7.55. The van der Waals surface area contributed by atoms with Crippen molar-refractivity contribution >= 4 is 16.8 Å². The Morgan fingerprint density at radius 2 is 1.94 bits per heavy atom. The van der Waals surface area contributed by atoms with Crippen molar-refractivity contribution in [3.63, 3.8) is 0 Å². The minimum atomic E-state index is 0.0176. The molecular weight excluding hydrogens is 412 g/mol. The van der Waals surface area contributed by atoms with Crippen LogP contribution in [0.15, 0.2) is 36.4 Å². The summed E-state index contributed by atoms with van der Waals surface area (Å²) >= 11 is 0. The van der Waals surface area contributed by atoms with Crippen LogP contribution >= 0.6 is 0 Å². The van der Waals surface area contributed by atoms with Crippen LogP contribution in [0.1, 0.15) is 52.7 Å². The Morgan fingerprint density at radius 1 is 1.06 bits per heavy atom. The molecule has 1 amide bonds. The minimum absolute atomic E-state index is 0.0176. The Hall–Kier alpha value is -2.67. The van der Waals surface area contributed by atoms with Gasteiger partial charge in [-0.2, -0.15) is 0 Å². The zero-order valence-corrected chi connectivity index (χ0v) is 19.5. The number of amides is 1. The average Bonchev–Trinajstić information content (AvgIpc) is 3.42. The van der Waals surface area contributed by atoms with Crippen molar-refractivity contribution in [3.8, 4) is 11.3 Å². The molecule has 6 nitrogen and oxygen atoms in total. The van der Waals surface area contributed by atoms with E-state index in [1.807, 2.05) is 0 Å². The lowest BCUT2D eigenvalue weighted by Gasteiger charge is -2.26. The van der Waals surface area contributed by atoms with Crippen molar-refractivity contribution in [2.24, 2.45) is 0 Å². The Bertz CT molecular complexity index is 1130. The lowest BCUT2D eigenvalue weighted by atomic mass is 9.97. The lowest BCUT2D eigenvalue weighted by Crippen LogP contribution is -2.28. The molecule has 0 unspecified atom stereocenters. The number of nitrogens with one attached hydrogen (secondary N) is 3. The van der Waals surface area contributed by atoms with E-state index < -0.39 is 0 Å². The van der Waals surface area contributed by atoms with E-state index in [1.54, 1.807) is 7.11 Å². The van der Waals surface area contributed by atoms with Crippen molar-refractivity contribution in [3.05, 3.63) is 58.7 Å². The number of aromatic nitrogens is 1. The van der Waals surface area contributed by atoms with Gasteiger partial charge < -0.3 is 20.4 Å². The zero-order chi connectivity index (χ0) is 22.6. The maximum atomic E-state index is 12.6. The monoisotopic (exact) mass is 446 g/mol. The Labute approximate surface area is 195 Å². The molecule has 0 atom stereocenters. The van der Waals surface area contributed by atoms with Crippen molar-refractivity contribution in [2.45, 2.75) is 45.3 Å². The first-order chi connectivity index (χ1) is 16.2. The number of rotatable bonds is 9. The largest absolute Gasteiger partial charge is 0.385 e. The third-order valence-corrected chi connectivity index (χ3v) is 6.81. The van der Waals surface area contributed by atoms with Gasteiger partial charge >= 0.3 is 0 Å². The third-order valence-electron chi connectivity index (χ3n) is 6.81. The van der Waals surface area contributed by atoms with Gasteiger partial charge in [0.05, 0.1) is 5.56 Å². The van der Waals surface area contributed by atoms with E-state index in [-0.39, 0.29) is 5.91 Å². The SMILES string of the molecule is COCCCNCc1cc2c(c(-c3cc4cc(CN5CCCCC5)ccc4[nH]3)c1)C(=O)NC2. The number of hydrogen-bond acceptors (Lipinski definition) is 4. The second kappa shape index (κ2) is 10.1. The second-order valence-electron chi connectivity index (χ2n) is 9.32. The smallest absolute Gasteiger partial charge is 0.252 e. The quantitative estimate of drug-likeness (QED) is 0.431. The Kier molecular flexibility index (Phi) is 6.76. The van der Waals surface area contributed by atoms with Crippen LogP contribution in [0, 0.1) is 0 Å². The Balaban J connectivity index is 1.41. The second-order valence-corrected chi connectivity index (χ2v) is 9.32. The number of carbonyl (C=O) groups is 1. The molecule has 0 radical (unpaired) electrons. The molecule has 1 fully saturated rings. The van der Waals surface area contributed by atoms with Crippen LogP contribution in [-0.2, 0) is 24.4 Å². The van der Waals surface area contributed by atoms with E-state index in [2.05, 4.69) is 56.9 Å². The molecule has 1 saturated heterocycles. The number of nitrogens with zero attached hydrogens (tertiary/aromatic N) is 1. The average molecular weight is 447 g/mol. The minimum Gasteiger partial charge on any atom is -0.385 e. The van der Waals surface area contributed by atoms with E-state index in [0.29, 0.717) is 6.54 Å². The van der Waals surface area contributed by atoms with Crippen LogP contribution in [0.5, 0.6) is 0 Å². The number of piperidine rings is 1. The van der Waals surface area contributed by atoms with Gasteiger partial charge in [0.2, 0.25) is 0 Å². The highest BCUT2D eigenvalue weighted by atomic mass is 16.5. The van der Waals surface area contributed by atoms with Crippen molar-refractivity contribution < 1.29 is 9.53 Å². The summed E-state index contributed by atoms with van der Waals surface area (Å²) in [4.78, 5) is 18.8. The van der Waals surface area contributed by atoms with Gasteiger partial charge in [-0.3, -0.25) is 9.69 Å². The molecule has 33 heavy (non-hydrogen) atoms. The number of ether oxygens (including phenoxy) is 1. The molecule has 3 aromatic rings. The summed E-state index contributed by atoms with van der Waals surface area (Å²) in [5, 5.41) is 7.69. The van der Waals surface area contributed by atoms with Gasteiger partial charge in [-0.05, 0) is 79.9 Å². The summed E-state index contributed by atoms with van der Waals surface area (Å²) < 4.78 is 5.13. The normalized spacial score (nSPS) is 16.3. The van der Waals surface area contributed by atoms with E-state index in [9.17, 15) is 4.79 Å². The molecule has 2 aromatic carbocycles. The predicted octanol–water partition coefficient (Wildman–Crippen LogP) is 4.19. The van der Waals surface area contributed by atoms with Gasteiger partial charge in [-0.1, -0.05) is 18.6 Å². The fraction of sp³-hybridized carbons (Fsp3) is 0.444. The van der Waals surface area contributed by atoms with Crippen molar-refractivity contribution in [2.75, 3.05) is 33.4 Å². The number of methoxy groups -OCH3 is 1. The molecule has 6 heteroatoms. The third kappa shape index (κ3) is 4.98. The number of likely N-dealkylation sites (tertiary alicyclic amines) is 1. The van der Waals surface area contributed by atoms with Crippen LogP contribution in [0.2, 0.25) is 0 Å². The number of fused-ring (bicyclic) bond motifs is 2. The fourth-order valence-corrected chi connectivity index (χ4v) is 5.13. The summed E-state index contributed by atoms with van der Waals surface area (Å²) in [6.45, 7) is 6.45. The highest BCUT2D eigenvalue weighted by molar-refractivity contribution is 6.05. The maximum Gasteiger partial charge on any atom is 0.252 e. The number of benzene rings is 2. The Morgan fingerprint density at radius 3 is 2.79 bits per heavy atom. The molecule has 0 spiro atoms. The first-order valence-electron chi connectivity index (χ1n) is 12.2. The van der Waals surface area contributed by atoms with Crippen LogP contribution in [0.4, 0.5) is 0 Å². The highest BCUT2D eigenvalue weighted by Gasteiger charge is 2.25. The first-order valence-corrected chi connectivity index (χ1v) is 12.2. The summed E-state index contributed by atoms with van der Waals surface area (Å²) in [6, 6.07) is 13.2. The standard InChI is InChI=1S/C27H34N4O2/c1-33-11-5-8-28-16-20-13-22-17-29-27(32)26(22)23(14-20)25-15-21-12-19(6-7-24(21)30-25)18-31-9-3-2-4-10-31/h6-7,12-15,28,30H,2-5,8-11,16-18H2,1H3,(H,29,32). The molecule has 5 rings (SSSR count). The van der Waals surface area contributed by atoms with E-state index >= 15 is 0 Å². The van der Waals surface area contributed by atoms with Gasteiger partial charge in [0.15, 0.2) is 0 Å². The molecule has 1 aromatic heterocycles. The molecule has 0 aliphatic carbocycles. The van der Waals surface area contributed by atoms with Crippen molar-refractivity contribution in [1.82, 2.24) is 20.5 Å².